The lowest BCUT2D eigenvalue weighted by atomic mass is 9.92. The van der Waals surface area contributed by atoms with E-state index in [1.807, 2.05) is 12.1 Å². The van der Waals surface area contributed by atoms with Crippen molar-refractivity contribution in [2.24, 2.45) is 0 Å². The summed E-state index contributed by atoms with van der Waals surface area (Å²) in [5.74, 6) is -1.73. The van der Waals surface area contributed by atoms with E-state index >= 15 is 0 Å². The molecule has 1 saturated heterocycles. The minimum absolute atomic E-state index is 0.476. The minimum Gasteiger partial charge on any atom is -0.297 e. The Kier molecular flexibility index (Phi) is 4.28. The van der Waals surface area contributed by atoms with Gasteiger partial charge in [-0.2, -0.15) is 5.10 Å². The summed E-state index contributed by atoms with van der Waals surface area (Å²) < 4.78 is 27.3. The molecule has 0 unspecified atom stereocenters. The van der Waals surface area contributed by atoms with E-state index in [0.717, 1.165) is 42.4 Å². The van der Waals surface area contributed by atoms with Crippen LogP contribution in [0.15, 0.2) is 48.8 Å². The Hall–Kier alpha value is -2.86. The van der Waals surface area contributed by atoms with Gasteiger partial charge in [-0.3, -0.25) is 15.0 Å². The molecule has 0 saturated carbocycles. The van der Waals surface area contributed by atoms with Crippen LogP contribution in [0.2, 0.25) is 0 Å². The Balaban J connectivity index is 1.66. The van der Waals surface area contributed by atoms with Crippen LogP contribution in [0, 0.1) is 11.6 Å². The van der Waals surface area contributed by atoms with E-state index in [1.165, 1.54) is 24.5 Å². The van der Waals surface area contributed by atoms with Crippen molar-refractivity contribution in [3.05, 3.63) is 66.1 Å². The van der Waals surface area contributed by atoms with Crippen molar-refractivity contribution in [2.75, 3.05) is 13.1 Å². The number of fused-ring (bicyclic) bond motifs is 1. The first-order valence-electron chi connectivity index (χ1n) is 9.60. The fraction of sp³-hybridized carbons (Fsp3) is 0.273. The molecule has 6 heteroatoms. The summed E-state index contributed by atoms with van der Waals surface area (Å²) in [6.45, 7) is 2.19. The second-order valence-corrected chi connectivity index (χ2v) is 7.37. The van der Waals surface area contributed by atoms with Crippen molar-refractivity contribution in [3.8, 4) is 22.4 Å². The van der Waals surface area contributed by atoms with Gasteiger partial charge in [0.05, 0.1) is 5.69 Å². The maximum atomic E-state index is 13.9. The van der Waals surface area contributed by atoms with E-state index in [-0.39, 0.29) is 0 Å². The van der Waals surface area contributed by atoms with Crippen molar-refractivity contribution >= 4 is 5.57 Å². The minimum atomic E-state index is -0.874. The SMILES string of the molecule is Fc1ccc(-c2n[nH]c(C3=C[C@@H]4CCCN4CC3)c2-c2ccncc2)cc1F. The number of hydrogen-bond acceptors (Lipinski definition) is 3. The van der Waals surface area contributed by atoms with E-state index in [9.17, 15) is 8.78 Å². The average Bonchev–Trinajstić information content (AvgIpc) is 3.37. The number of benzene rings is 1. The zero-order valence-corrected chi connectivity index (χ0v) is 15.3. The highest BCUT2D eigenvalue weighted by Gasteiger charge is 2.29. The van der Waals surface area contributed by atoms with Crippen molar-refractivity contribution in [3.63, 3.8) is 0 Å². The number of nitrogens with zero attached hydrogens (tertiary/aromatic N) is 3. The molecule has 0 aliphatic carbocycles. The van der Waals surface area contributed by atoms with Crippen LogP contribution in [0.4, 0.5) is 8.78 Å². The molecule has 0 radical (unpaired) electrons. The third kappa shape index (κ3) is 2.94. The molecule has 142 valence electrons. The van der Waals surface area contributed by atoms with Crippen LogP contribution >= 0.6 is 0 Å². The van der Waals surface area contributed by atoms with Gasteiger partial charge in [-0.25, -0.2) is 8.78 Å². The summed E-state index contributed by atoms with van der Waals surface area (Å²) in [5, 5.41) is 7.69. The van der Waals surface area contributed by atoms with Crippen molar-refractivity contribution in [1.82, 2.24) is 20.1 Å². The molecule has 2 aliphatic heterocycles. The Morgan fingerprint density at radius 3 is 2.68 bits per heavy atom. The Morgan fingerprint density at radius 2 is 1.86 bits per heavy atom. The maximum Gasteiger partial charge on any atom is 0.159 e. The Morgan fingerprint density at radius 1 is 1.00 bits per heavy atom. The van der Waals surface area contributed by atoms with Crippen molar-refractivity contribution < 1.29 is 8.78 Å². The molecule has 2 aromatic heterocycles. The number of halogens is 2. The van der Waals surface area contributed by atoms with E-state index in [2.05, 4.69) is 26.2 Å². The predicted octanol–water partition coefficient (Wildman–Crippen LogP) is 4.67. The number of aromatic nitrogens is 3. The summed E-state index contributed by atoms with van der Waals surface area (Å²) in [4.78, 5) is 6.62. The highest BCUT2D eigenvalue weighted by molar-refractivity contribution is 5.89. The molecular formula is C22H20F2N4. The number of rotatable bonds is 3. The van der Waals surface area contributed by atoms with Crippen LogP contribution < -0.4 is 0 Å². The second-order valence-electron chi connectivity index (χ2n) is 7.37. The standard InChI is InChI=1S/C22H20F2N4/c23-18-4-3-15(13-19(18)24)21-20(14-5-8-25-9-6-14)22(27-26-21)16-7-11-28-10-1-2-17(28)12-16/h3-6,8-9,12-13,17H,1-2,7,10-11H2,(H,26,27)/t17-/m0/s1. The molecule has 1 atom stereocenters. The van der Waals surface area contributed by atoms with Crippen LogP contribution in [0.1, 0.15) is 25.0 Å². The number of aromatic amines is 1. The smallest absolute Gasteiger partial charge is 0.159 e. The molecule has 1 N–H and O–H groups in total. The largest absolute Gasteiger partial charge is 0.297 e. The van der Waals surface area contributed by atoms with Gasteiger partial charge < -0.3 is 0 Å². The lowest BCUT2D eigenvalue weighted by molar-refractivity contribution is 0.287. The van der Waals surface area contributed by atoms with Gasteiger partial charge in [0.15, 0.2) is 11.6 Å². The summed E-state index contributed by atoms with van der Waals surface area (Å²) in [6.07, 6.45) is 9.15. The highest BCUT2D eigenvalue weighted by Crippen LogP contribution is 2.39. The molecule has 4 nitrogen and oxygen atoms in total. The van der Waals surface area contributed by atoms with E-state index in [1.54, 1.807) is 18.5 Å². The maximum absolute atomic E-state index is 13.9. The van der Waals surface area contributed by atoms with Gasteiger partial charge in [0, 0.05) is 36.1 Å². The molecule has 0 spiro atoms. The summed E-state index contributed by atoms with van der Waals surface area (Å²) in [7, 11) is 0. The molecule has 0 bridgehead atoms. The number of nitrogens with one attached hydrogen (secondary N) is 1. The van der Waals surface area contributed by atoms with Crippen LogP contribution in [-0.2, 0) is 0 Å². The molecule has 1 aromatic carbocycles. The normalized spacial score (nSPS) is 19.5. The molecule has 28 heavy (non-hydrogen) atoms. The summed E-state index contributed by atoms with van der Waals surface area (Å²) in [5.41, 5.74) is 5.22. The van der Waals surface area contributed by atoms with Crippen LogP contribution in [0.25, 0.3) is 28.0 Å². The molecule has 1 fully saturated rings. The number of hydrogen-bond donors (Lipinski definition) is 1. The third-order valence-electron chi connectivity index (χ3n) is 5.73. The molecule has 0 amide bonds. The van der Waals surface area contributed by atoms with Crippen molar-refractivity contribution in [2.45, 2.75) is 25.3 Å². The first kappa shape index (κ1) is 17.3. The lowest BCUT2D eigenvalue weighted by Gasteiger charge is -2.28. The van der Waals surface area contributed by atoms with Gasteiger partial charge in [0.1, 0.15) is 5.69 Å². The van der Waals surface area contributed by atoms with Gasteiger partial charge in [0.25, 0.3) is 0 Å². The number of pyridine rings is 1. The van der Waals surface area contributed by atoms with Crippen LogP contribution in [-0.4, -0.2) is 39.2 Å². The Bertz CT molecular complexity index is 1040. The third-order valence-corrected chi connectivity index (χ3v) is 5.73. The average molecular weight is 378 g/mol. The molecular weight excluding hydrogens is 358 g/mol. The van der Waals surface area contributed by atoms with Gasteiger partial charge in [0.2, 0.25) is 0 Å². The number of H-pyrrole nitrogens is 1. The fourth-order valence-corrected chi connectivity index (χ4v) is 4.33. The lowest BCUT2D eigenvalue weighted by Crippen LogP contribution is -2.32. The first-order valence-corrected chi connectivity index (χ1v) is 9.60. The van der Waals surface area contributed by atoms with Crippen LogP contribution in [0.5, 0.6) is 0 Å². The van der Waals surface area contributed by atoms with Gasteiger partial charge in [-0.1, -0.05) is 6.08 Å². The van der Waals surface area contributed by atoms with E-state index < -0.39 is 11.6 Å². The van der Waals surface area contributed by atoms with E-state index in [0.29, 0.717) is 17.3 Å². The van der Waals surface area contributed by atoms with Crippen LogP contribution in [0.3, 0.4) is 0 Å². The zero-order valence-electron chi connectivity index (χ0n) is 15.3. The van der Waals surface area contributed by atoms with Gasteiger partial charge >= 0.3 is 0 Å². The predicted molar refractivity (Wildman–Crippen MR) is 104 cm³/mol. The quantitative estimate of drug-likeness (QED) is 0.720. The van der Waals surface area contributed by atoms with Gasteiger partial charge in [-0.05, 0) is 67.3 Å². The zero-order chi connectivity index (χ0) is 19.1. The molecule has 3 aromatic rings. The first-order chi connectivity index (χ1) is 13.7. The van der Waals surface area contributed by atoms with E-state index in [4.69, 9.17) is 0 Å². The molecule has 4 heterocycles. The van der Waals surface area contributed by atoms with Gasteiger partial charge in [-0.15, -0.1) is 0 Å². The monoisotopic (exact) mass is 378 g/mol. The topological polar surface area (TPSA) is 44.8 Å². The second kappa shape index (κ2) is 6.95. The summed E-state index contributed by atoms with van der Waals surface area (Å²) >= 11 is 0. The molecule has 5 rings (SSSR count). The summed E-state index contributed by atoms with van der Waals surface area (Å²) in [6, 6.07) is 8.23. The Labute approximate surface area is 161 Å². The van der Waals surface area contributed by atoms with Crippen molar-refractivity contribution in [1.29, 1.82) is 0 Å². The fourth-order valence-electron chi connectivity index (χ4n) is 4.33. The highest BCUT2D eigenvalue weighted by atomic mass is 19.2. The molecule has 2 aliphatic rings.